The van der Waals surface area contributed by atoms with Crippen molar-refractivity contribution in [1.82, 2.24) is 10.3 Å². The summed E-state index contributed by atoms with van der Waals surface area (Å²) in [6.45, 7) is 1.82. The summed E-state index contributed by atoms with van der Waals surface area (Å²) in [7, 11) is 0. The number of nitrogens with two attached hydrogens (primary N) is 1. The highest BCUT2D eigenvalue weighted by Crippen LogP contribution is 2.36. The number of nitrogens with one attached hydrogen (secondary N) is 2. The van der Waals surface area contributed by atoms with Gasteiger partial charge in [0.25, 0.3) is 0 Å². The molecule has 0 radical (unpaired) electrons. The van der Waals surface area contributed by atoms with Crippen molar-refractivity contribution in [2.75, 3.05) is 35.6 Å². The molecule has 1 aromatic heterocycles. The van der Waals surface area contributed by atoms with Gasteiger partial charge in [0.15, 0.2) is 0 Å². The Labute approximate surface area is 195 Å². The molecule has 3 unspecified atom stereocenters. The van der Waals surface area contributed by atoms with Gasteiger partial charge in [0.2, 0.25) is 5.91 Å². The fourth-order valence-electron chi connectivity index (χ4n) is 4.64. The Morgan fingerprint density at radius 1 is 1.33 bits per heavy atom. The number of nitrogens with zero attached hydrogens (tertiary/aromatic N) is 3. The SMILES string of the molecule is N#Cc1cccc2c1C(N)C(CNCCC1CN(c3ccc4c(n3)NC(=O)CS4)C(=O)O1)C2. The van der Waals surface area contributed by atoms with Crippen molar-refractivity contribution >= 4 is 35.4 Å². The second-order valence-electron chi connectivity index (χ2n) is 8.44. The van der Waals surface area contributed by atoms with Crippen LogP contribution in [-0.2, 0) is 16.0 Å². The lowest BCUT2D eigenvalue weighted by Gasteiger charge is -2.19. The van der Waals surface area contributed by atoms with Crippen LogP contribution in [0, 0.1) is 17.2 Å². The van der Waals surface area contributed by atoms with E-state index in [0.717, 1.165) is 29.0 Å². The monoisotopic (exact) mass is 464 g/mol. The van der Waals surface area contributed by atoms with Crippen LogP contribution in [0.25, 0.3) is 0 Å². The van der Waals surface area contributed by atoms with Gasteiger partial charge < -0.3 is 21.1 Å². The molecule has 0 saturated carbocycles. The van der Waals surface area contributed by atoms with Gasteiger partial charge in [-0.1, -0.05) is 12.1 Å². The number of fused-ring (bicyclic) bond motifs is 2. The molecular weight excluding hydrogens is 440 g/mol. The second-order valence-corrected chi connectivity index (χ2v) is 9.46. The van der Waals surface area contributed by atoms with Gasteiger partial charge in [-0.2, -0.15) is 5.26 Å². The Kier molecular flexibility index (Phi) is 5.93. The molecule has 3 aliphatic rings. The van der Waals surface area contributed by atoms with Gasteiger partial charge >= 0.3 is 6.09 Å². The van der Waals surface area contributed by atoms with Crippen molar-refractivity contribution in [1.29, 1.82) is 5.26 Å². The number of anilines is 2. The number of aromatic nitrogens is 1. The zero-order valence-electron chi connectivity index (χ0n) is 17.9. The van der Waals surface area contributed by atoms with Crippen LogP contribution >= 0.6 is 11.8 Å². The summed E-state index contributed by atoms with van der Waals surface area (Å²) in [6.07, 6.45) is 0.841. The normalized spacial score (nSPS) is 23.5. The molecule has 1 aromatic carbocycles. The molecule has 170 valence electrons. The number of nitriles is 1. The third kappa shape index (κ3) is 4.27. The van der Waals surface area contributed by atoms with Crippen LogP contribution in [0.1, 0.15) is 29.2 Å². The van der Waals surface area contributed by atoms with Crippen molar-refractivity contribution in [2.45, 2.75) is 29.9 Å². The molecule has 4 N–H and O–H groups in total. The lowest BCUT2D eigenvalue weighted by atomic mass is 9.98. The number of carbonyl (C=O) groups is 2. The molecule has 2 amide bonds. The summed E-state index contributed by atoms with van der Waals surface area (Å²) >= 11 is 1.43. The van der Waals surface area contributed by atoms with E-state index in [-0.39, 0.29) is 24.0 Å². The number of cyclic esters (lactones) is 1. The smallest absolute Gasteiger partial charge is 0.415 e. The van der Waals surface area contributed by atoms with Gasteiger partial charge in [-0.05, 0) is 54.6 Å². The van der Waals surface area contributed by atoms with E-state index >= 15 is 0 Å². The molecule has 0 bridgehead atoms. The number of amides is 2. The van der Waals surface area contributed by atoms with E-state index in [1.165, 1.54) is 16.7 Å². The predicted octanol–water partition coefficient (Wildman–Crippen LogP) is 2.17. The van der Waals surface area contributed by atoms with Crippen LogP contribution in [0.15, 0.2) is 35.2 Å². The first-order chi connectivity index (χ1) is 16.0. The van der Waals surface area contributed by atoms with E-state index in [1.54, 1.807) is 6.07 Å². The second kappa shape index (κ2) is 9.02. The molecule has 2 aromatic rings. The van der Waals surface area contributed by atoms with E-state index in [9.17, 15) is 14.9 Å². The zero-order valence-corrected chi connectivity index (χ0v) is 18.7. The standard InChI is InChI=1S/C23H24N6O3S/c24-9-14-3-1-2-13-8-15(21(25)20(13)14)10-26-7-6-16-11-29(23(31)32-16)18-5-4-17-22(27-18)28-19(30)12-33-17/h1-5,15-16,21,26H,6-8,10-12,25H2,(H,27,28,30). The Hall–Kier alpha value is -3.13. The minimum absolute atomic E-state index is 0.0981. The average molecular weight is 465 g/mol. The molecule has 9 nitrogen and oxygen atoms in total. The van der Waals surface area contributed by atoms with Crippen molar-refractivity contribution < 1.29 is 14.3 Å². The van der Waals surface area contributed by atoms with E-state index in [0.29, 0.717) is 42.5 Å². The van der Waals surface area contributed by atoms with E-state index in [2.05, 4.69) is 21.7 Å². The zero-order chi connectivity index (χ0) is 22.9. The molecule has 3 atom stereocenters. The summed E-state index contributed by atoms with van der Waals surface area (Å²) in [5.41, 5.74) is 9.21. The first-order valence-electron chi connectivity index (χ1n) is 10.9. The van der Waals surface area contributed by atoms with Crippen LogP contribution < -0.4 is 21.3 Å². The van der Waals surface area contributed by atoms with E-state index < -0.39 is 6.09 Å². The van der Waals surface area contributed by atoms with Gasteiger partial charge in [-0.25, -0.2) is 9.78 Å². The lowest BCUT2D eigenvalue weighted by Crippen LogP contribution is -2.32. The van der Waals surface area contributed by atoms with Crippen LogP contribution in [0.4, 0.5) is 16.4 Å². The maximum absolute atomic E-state index is 12.4. The van der Waals surface area contributed by atoms with E-state index in [1.807, 2.05) is 24.3 Å². The maximum Gasteiger partial charge on any atom is 0.415 e. The largest absolute Gasteiger partial charge is 0.444 e. The summed E-state index contributed by atoms with van der Waals surface area (Å²) in [6, 6.07) is 11.5. The third-order valence-corrected chi connectivity index (χ3v) is 7.35. The lowest BCUT2D eigenvalue weighted by molar-refractivity contribution is -0.113. The van der Waals surface area contributed by atoms with Gasteiger partial charge in [-0.3, -0.25) is 9.69 Å². The van der Waals surface area contributed by atoms with Crippen LogP contribution in [0.2, 0.25) is 0 Å². The molecule has 1 fully saturated rings. The van der Waals surface area contributed by atoms with E-state index in [4.69, 9.17) is 10.5 Å². The maximum atomic E-state index is 12.4. The number of ether oxygens (including phenoxy) is 1. The van der Waals surface area contributed by atoms with Crippen LogP contribution in [0.3, 0.4) is 0 Å². The van der Waals surface area contributed by atoms with Crippen LogP contribution in [-0.4, -0.2) is 48.5 Å². The summed E-state index contributed by atoms with van der Waals surface area (Å²) in [4.78, 5) is 30.9. The molecule has 10 heteroatoms. The highest BCUT2D eigenvalue weighted by molar-refractivity contribution is 8.00. The number of hydrogen-bond acceptors (Lipinski definition) is 8. The fourth-order valence-corrected chi connectivity index (χ4v) is 5.40. The van der Waals surface area contributed by atoms with Gasteiger partial charge in [-0.15, -0.1) is 11.8 Å². The predicted molar refractivity (Wildman–Crippen MR) is 124 cm³/mol. The van der Waals surface area contributed by atoms with Gasteiger partial charge in [0.1, 0.15) is 17.7 Å². The minimum atomic E-state index is -0.431. The topological polar surface area (TPSA) is 133 Å². The molecule has 0 spiro atoms. The van der Waals surface area contributed by atoms with Crippen molar-refractivity contribution in [3.63, 3.8) is 0 Å². The van der Waals surface area contributed by atoms with Gasteiger partial charge in [0, 0.05) is 12.6 Å². The number of carbonyl (C=O) groups excluding carboxylic acids is 2. The number of thioether (sulfide) groups is 1. The quantitative estimate of drug-likeness (QED) is 0.554. The highest BCUT2D eigenvalue weighted by Gasteiger charge is 2.34. The molecular formula is C23H24N6O3S. The minimum Gasteiger partial charge on any atom is -0.444 e. The number of pyridine rings is 1. The summed E-state index contributed by atoms with van der Waals surface area (Å²) < 4.78 is 5.52. The highest BCUT2D eigenvalue weighted by atomic mass is 32.2. The molecule has 2 aliphatic heterocycles. The fraction of sp³-hybridized carbons (Fsp3) is 0.391. The van der Waals surface area contributed by atoms with Gasteiger partial charge in [0.05, 0.1) is 28.8 Å². The Morgan fingerprint density at radius 3 is 3.06 bits per heavy atom. The van der Waals surface area contributed by atoms with Crippen molar-refractivity contribution in [2.24, 2.45) is 11.7 Å². The summed E-state index contributed by atoms with van der Waals surface area (Å²) in [5.74, 6) is 1.45. The van der Waals surface area contributed by atoms with Crippen LogP contribution in [0.5, 0.6) is 0 Å². The summed E-state index contributed by atoms with van der Waals surface area (Å²) in [5, 5.41) is 15.5. The number of benzene rings is 1. The first kappa shape index (κ1) is 21.7. The molecule has 33 heavy (non-hydrogen) atoms. The Morgan fingerprint density at radius 2 is 2.21 bits per heavy atom. The molecule has 1 saturated heterocycles. The molecule has 3 heterocycles. The number of rotatable bonds is 6. The average Bonchev–Trinajstić information content (AvgIpc) is 3.35. The first-order valence-corrected chi connectivity index (χ1v) is 11.9. The molecule has 5 rings (SSSR count). The van der Waals surface area contributed by atoms with Crippen molar-refractivity contribution in [3.05, 3.63) is 47.0 Å². The Bertz CT molecular complexity index is 1150. The van der Waals surface area contributed by atoms with Crippen molar-refractivity contribution in [3.8, 4) is 6.07 Å². The Balaban J connectivity index is 1.12. The molecule has 1 aliphatic carbocycles. The third-order valence-electron chi connectivity index (χ3n) is 6.30. The number of hydrogen-bond donors (Lipinski definition) is 3.